The average molecular weight is 492 g/mol. The zero-order chi connectivity index (χ0) is 19.1. The van der Waals surface area contributed by atoms with Crippen LogP contribution in [-0.2, 0) is 13.1 Å². The molecule has 0 aliphatic heterocycles. The highest BCUT2D eigenvalue weighted by Crippen LogP contribution is 2.18. The van der Waals surface area contributed by atoms with E-state index < -0.39 is 0 Å². The molecule has 3 aromatic rings. The number of ether oxygens (including phenoxy) is 1. The highest BCUT2D eigenvalue weighted by atomic mass is 127. The van der Waals surface area contributed by atoms with E-state index in [4.69, 9.17) is 9.15 Å². The topological polar surface area (TPSA) is 62.9 Å². The molecule has 0 atom stereocenters. The molecule has 7 heteroatoms. The molecule has 2 aromatic carbocycles. The van der Waals surface area contributed by atoms with Crippen molar-refractivity contribution < 1.29 is 9.15 Å². The Hall–Kier alpha value is -2.55. The van der Waals surface area contributed by atoms with Gasteiger partial charge in [-0.15, -0.1) is 24.0 Å². The first-order chi connectivity index (χ1) is 13.2. The molecular formula is C21H25IN4O2. The number of guanidine groups is 1. The van der Waals surface area contributed by atoms with Gasteiger partial charge in [0.15, 0.2) is 5.96 Å². The maximum absolute atomic E-state index is 5.58. The Morgan fingerprint density at radius 1 is 1.14 bits per heavy atom. The Labute approximate surface area is 182 Å². The van der Waals surface area contributed by atoms with Crippen molar-refractivity contribution in [2.75, 3.05) is 21.2 Å². The van der Waals surface area contributed by atoms with Gasteiger partial charge in [0.05, 0.1) is 19.3 Å². The van der Waals surface area contributed by atoms with Gasteiger partial charge in [-0.3, -0.25) is 4.99 Å². The van der Waals surface area contributed by atoms with Gasteiger partial charge in [0.25, 0.3) is 0 Å². The standard InChI is InChI=1S/C21H24N4O2.HI/c1-22-21(25(2)14-16-9-11-19(26-3)12-10-16)23-13-18-15-27-20(24-18)17-7-5-4-6-8-17;/h4-12,15H,13-14H2,1-3H3,(H,22,23);1H. The number of hydrogen-bond donors (Lipinski definition) is 1. The van der Waals surface area contributed by atoms with E-state index >= 15 is 0 Å². The number of hydrogen-bond acceptors (Lipinski definition) is 4. The summed E-state index contributed by atoms with van der Waals surface area (Å²) in [6, 6.07) is 17.9. The number of oxazole rings is 1. The minimum atomic E-state index is 0. The third-order valence-corrected chi connectivity index (χ3v) is 4.15. The molecule has 0 fully saturated rings. The molecule has 0 aliphatic rings. The summed E-state index contributed by atoms with van der Waals surface area (Å²) in [6.45, 7) is 1.27. The minimum Gasteiger partial charge on any atom is -0.497 e. The molecule has 1 heterocycles. The number of nitrogens with one attached hydrogen (secondary N) is 1. The fourth-order valence-electron chi connectivity index (χ4n) is 2.74. The van der Waals surface area contributed by atoms with Gasteiger partial charge in [-0.05, 0) is 29.8 Å². The molecular weight excluding hydrogens is 467 g/mol. The summed E-state index contributed by atoms with van der Waals surface area (Å²) < 4.78 is 10.8. The van der Waals surface area contributed by atoms with Crippen LogP contribution in [0.25, 0.3) is 11.5 Å². The second-order valence-corrected chi connectivity index (χ2v) is 6.11. The lowest BCUT2D eigenvalue weighted by Crippen LogP contribution is -2.38. The normalized spacial score (nSPS) is 10.9. The number of rotatable bonds is 6. The van der Waals surface area contributed by atoms with E-state index in [1.807, 2.05) is 61.6 Å². The molecule has 1 N–H and O–H groups in total. The summed E-state index contributed by atoms with van der Waals surface area (Å²) >= 11 is 0. The molecule has 0 bridgehead atoms. The summed E-state index contributed by atoms with van der Waals surface area (Å²) in [5, 5.41) is 3.32. The monoisotopic (exact) mass is 492 g/mol. The molecule has 0 radical (unpaired) electrons. The lowest BCUT2D eigenvalue weighted by atomic mass is 10.2. The number of aromatic nitrogens is 1. The van der Waals surface area contributed by atoms with Crippen LogP contribution in [-0.4, -0.2) is 37.0 Å². The number of methoxy groups -OCH3 is 1. The largest absolute Gasteiger partial charge is 0.497 e. The first kappa shape index (κ1) is 21.7. The highest BCUT2D eigenvalue weighted by Gasteiger charge is 2.10. The second-order valence-electron chi connectivity index (χ2n) is 6.11. The van der Waals surface area contributed by atoms with Crippen molar-refractivity contribution in [3.8, 4) is 17.2 Å². The maximum Gasteiger partial charge on any atom is 0.226 e. The Morgan fingerprint density at radius 3 is 2.50 bits per heavy atom. The van der Waals surface area contributed by atoms with E-state index in [1.165, 1.54) is 5.56 Å². The summed E-state index contributed by atoms with van der Waals surface area (Å²) in [7, 11) is 5.43. The summed E-state index contributed by atoms with van der Waals surface area (Å²) in [5.74, 6) is 2.26. The van der Waals surface area contributed by atoms with Crippen LogP contribution in [0.2, 0.25) is 0 Å². The third-order valence-electron chi connectivity index (χ3n) is 4.15. The fraction of sp³-hybridized carbons (Fsp3) is 0.238. The molecule has 6 nitrogen and oxygen atoms in total. The molecule has 0 aliphatic carbocycles. The van der Waals surface area contributed by atoms with Crippen molar-refractivity contribution in [2.24, 2.45) is 4.99 Å². The summed E-state index contributed by atoms with van der Waals surface area (Å²) in [6.07, 6.45) is 1.67. The van der Waals surface area contributed by atoms with Gasteiger partial charge in [0, 0.05) is 26.2 Å². The predicted octanol–water partition coefficient (Wildman–Crippen LogP) is 4.18. The lowest BCUT2D eigenvalue weighted by Gasteiger charge is -2.22. The summed E-state index contributed by atoms with van der Waals surface area (Å²) in [5.41, 5.74) is 2.96. The van der Waals surface area contributed by atoms with Crippen LogP contribution >= 0.6 is 24.0 Å². The summed E-state index contributed by atoms with van der Waals surface area (Å²) in [4.78, 5) is 10.9. The van der Waals surface area contributed by atoms with Crippen molar-refractivity contribution in [3.05, 3.63) is 72.1 Å². The average Bonchev–Trinajstić information content (AvgIpc) is 3.19. The number of halogens is 1. The van der Waals surface area contributed by atoms with E-state index in [0.717, 1.165) is 29.5 Å². The lowest BCUT2D eigenvalue weighted by molar-refractivity contribution is 0.414. The van der Waals surface area contributed by atoms with E-state index in [-0.39, 0.29) is 24.0 Å². The SMILES string of the molecule is CN=C(NCc1coc(-c2ccccc2)n1)N(C)Cc1ccc(OC)cc1.I. The van der Waals surface area contributed by atoms with Crippen LogP contribution in [0, 0.1) is 0 Å². The molecule has 0 spiro atoms. The minimum absolute atomic E-state index is 0. The van der Waals surface area contributed by atoms with Gasteiger partial charge in [-0.1, -0.05) is 30.3 Å². The van der Waals surface area contributed by atoms with E-state index in [9.17, 15) is 0 Å². The van der Waals surface area contributed by atoms with Crippen LogP contribution in [0.5, 0.6) is 5.75 Å². The van der Waals surface area contributed by atoms with Gasteiger partial charge >= 0.3 is 0 Å². The van der Waals surface area contributed by atoms with Crippen LogP contribution in [0.4, 0.5) is 0 Å². The zero-order valence-corrected chi connectivity index (χ0v) is 18.6. The Balaban J connectivity index is 0.00000280. The molecule has 1 aromatic heterocycles. The van der Waals surface area contributed by atoms with Crippen molar-refractivity contribution >= 4 is 29.9 Å². The van der Waals surface area contributed by atoms with Gasteiger partial charge in [-0.2, -0.15) is 0 Å². The predicted molar refractivity (Wildman–Crippen MR) is 122 cm³/mol. The van der Waals surface area contributed by atoms with Crippen molar-refractivity contribution in [2.45, 2.75) is 13.1 Å². The van der Waals surface area contributed by atoms with Gasteiger partial charge in [0.1, 0.15) is 12.0 Å². The molecule has 0 unspecified atom stereocenters. The first-order valence-corrected chi connectivity index (χ1v) is 8.74. The van der Waals surface area contributed by atoms with Crippen LogP contribution in [0.1, 0.15) is 11.3 Å². The molecule has 3 rings (SSSR count). The molecule has 148 valence electrons. The third kappa shape index (κ3) is 5.72. The van der Waals surface area contributed by atoms with E-state index in [1.54, 1.807) is 20.4 Å². The fourth-order valence-corrected chi connectivity index (χ4v) is 2.74. The first-order valence-electron chi connectivity index (χ1n) is 8.74. The van der Waals surface area contributed by atoms with Gasteiger partial charge < -0.3 is 19.4 Å². The quantitative estimate of drug-likeness (QED) is 0.318. The number of benzene rings is 2. The zero-order valence-electron chi connectivity index (χ0n) is 16.3. The number of aliphatic imine (C=N–C) groups is 1. The second kappa shape index (κ2) is 10.7. The van der Waals surface area contributed by atoms with E-state index in [2.05, 4.69) is 20.2 Å². The highest BCUT2D eigenvalue weighted by molar-refractivity contribution is 14.0. The van der Waals surface area contributed by atoms with Crippen LogP contribution in [0.3, 0.4) is 0 Å². The maximum atomic E-state index is 5.58. The smallest absolute Gasteiger partial charge is 0.226 e. The Morgan fingerprint density at radius 2 is 1.86 bits per heavy atom. The Bertz CT molecular complexity index is 879. The van der Waals surface area contributed by atoms with Crippen LogP contribution in [0.15, 0.2) is 70.3 Å². The van der Waals surface area contributed by atoms with Crippen molar-refractivity contribution in [1.29, 1.82) is 0 Å². The Kier molecular flexibility index (Phi) is 8.31. The molecule has 28 heavy (non-hydrogen) atoms. The molecule has 0 saturated heterocycles. The van der Waals surface area contributed by atoms with Crippen molar-refractivity contribution in [1.82, 2.24) is 15.2 Å². The van der Waals surface area contributed by atoms with Crippen molar-refractivity contribution in [3.63, 3.8) is 0 Å². The molecule has 0 amide bonds. The van der Waals surface area contributed by atoms with Gasteiger partial charge in [-0.25, -0.2) is 4.98 Å². The number of nitrogens with zero attached hydrogens (tertiary/aromatic N) is 3. The molecule has 0 saturated carbocycles. The van der Waals surface area contributed by atoms with Crippen LogP contribution < -0.4 is 10.1 Å². The van der Waals surface area contributed by atoms with E-state index in [0.29, 0.717) is 12.4 Å². The van der Waals surface area contributed by atoms with Gasteiger partial charge in [0.2, 0.25) is 5.89 Å².